The highest BCUT2D eigenvalue weighted by Crippen LogP contribution is 2.40. The second-order valence-corrected chi connectivity index (χ2v) is 8.94. The summed E-state index contributed by atoms with van der Waals surface area (Å²) in [5.74, 6) is -1.74. The quantitative estimate of drug-likeness (QED) is 0.253. The third kappa shape index (κ3) is 6.11. The average Bonchev–Trinajstić information content (AvgIpc) is 3.14. The summed E-state index contributed by atoms with van der Waals surface area (Å²) in [6, 6.07) is 10.4. The number of fused-ring (bicyclic) bond motifs is 1. The van der Waals surface area contributed by atoms with Crippen molar-refractivity contribution >= 4 is 43.5 Å². The van der Waals surface area contributed by atoms with Gasteiger partial charge in [0.15, 0.2) is 5.58 Å². The maximum atomic E-state index is 12.2. The van der Waals surface area contributed by atoms with E-state index in [1.807, 2.05) is 6.07 Å². The number of halogens is 1. The Bertz CT molecular complexity index is 1170. The van der Waals surface area contributed by atoms with Gasteiger partial charge in [0.2, 0.25) is 0 Å². The first kappa shape index (κ1) is 26.1. The predicted molar refractivity (Wildman–Crippen MR) is 129 cm³/mol. The van der Waals surface area contributed by atoms with Crippen LogP contribution >= 0.6 is 20.3 Å². The molecule has 0 fully saturated rings. The van der Waals surface area contributed by atoms with E-state index < -0.39 is 26.4 Å². The molecule has 3 aromatic rings. The van der Waals surface area contributed by atoms with Crippen molar-refractivity contribution in [2.45, 2.75) is 46.2 Å². The fourth-order valence-corrected chi connectivity index (χ4v) is 3.82. The summed E-state index contributed by atoms with van der Waals surface area (Å²) >= 11 is 6.23. The first-order chi connectivity index (χ1) is 16.1. The lowest BCUT2D eigenvalue weighted by molar-refractivity contribution is -0.350. The van der Waals surface area contributed by atoms with Gasteiger partial charge in [0.1, 0.15) is 11.1 Å². The van der Waals surface area contributed by atoms with Crippen LogP contribution in [-0.2, 0) is 29.3 Å². The molecule has 3 rings (SSSR count). The Morgan fingerprint density at radius 2 is 1.85 bits per heavy atom. The predicted octanol–water partition coefficient (Wildman–Crippen LogP) is 6.63. The van der Waals surface area contributed by atoms with Gasteiger partial charge in [-0.1, -0.05) is 28.3 Å². The van der Waals surface area contributed by atoms with E-state index in [0.717, 1.165) is 5.56 Å². The van der Waals surface area contributed by atoms with Gasteiger partial charge in [-0.05, 0) is 69.0 Å². The summed E-state index contributed by atoms with van der Waals surface area (Å²) < 4.78 is 39.6. The molecule has 1 unspecified atom stereocenters. The van der Waals surface area contributed by atoms with Gasteiger partial charge < -0.3 is 18.6 Å². The Balaban J connectivity index is 2.19. The fraction of sp³-hybridized carbons (Fsp3) is 0.391. The van der Waals surface area contributed by atoms with Gasteiger partial charge in [0.05, 0.1) is 13.2 Å². The number of nitrogens with zero attached hydrogens (tertiary/aromatic N) is 1. The standard InChI is InChI=1S/C23H26ClN2O7P/c1-6-29-23(30-7-2,33-34-28)15-12-17(14-9-8-10-16(24)11-14)19-18(13-15)31-20(25-19)26-21(27)32-22(3,4)5/h8-13,34H,6-7H2,1-5H3/p+1. The number of carbonyl (C=O) groups is 1. The zero-order valence-corrected chi connectivity index (χ0v) is 21.3. The molecular weight excluding hydrogens is 483 g/mol. The molecular formula is C23H27ClN2O7P+. The maximum absolute atomic E-state index is 12.2. The van der Waals surface area contributed by atoms with Gasteiger partial charge in [0.25, 0.3) is 0 Å². The first-order valence-electron chi connectivity index (χ1n) is 10.6. The highest BCUT2D eigenvalue weighted by molar-refractivity contribution is 7.17. The number of oxazole rings is 1. The number of hydrogen-bond donors (Lipinski definition) is 1. The highest BCUT2D eigenvalue weighted by Gasteiger charge is 2.41. The van der Waals surface area contributed by atoms with Crippen LogP contribution in [0.25, 0.3) is 22.2 Å². The lowest BCUT2D eigenvalue weighted by Gasteiger charge is -2.27. The topological polar surface area (TPSA) is 109 Å². The number of rotatable bonds is 9. The van der Waals surface area contributed by atoms with E-state index in [-0.39, 0.29) is 19.2 Å². The van der Waals surface area contributed by atoms with Gasteiger partial charge in [-0.2, -0.15) is 4.98 Å². The molecule has 1 aromatic heterocycles. The molecule has 0 aliphatic rings. The third-order valence-corrected chi connectivity index (χ3v) is 5.02. The second-order valence-electron chi connectivity index (χ2n) is 8.13. The van der Waals surface area contributed by atoms with Crippen LogP contribution in [0, 0.1) is 0 Å². The number of hydrogen-bond acceptors (Lipinski definition) is 8. The Labute approximate surface area is 204 Å². The van der Waals surface area contributed by atoms with Crippen molar-refractivity contribution in [3.63, 3.8) is 0 Å². The van der Waals surface area contributed by atoms with Crippen molar-refractivity contribution < 1.29 is 32.5 Å². The number of ether oxygens (including phenoxy) is 3. The summed E-state index contributed by atoms with van der Waals surface area (Å²) in [6.07, 6.45) is -0.711. The summed E-state index contributed by atoms with van der Waals surface area (Å²) in [7, 11) is -1.15. The van der Waals surface area contributed by atoms with Crippen LogP contribution in [0.2, 0.25) is 5.02 Å². The molecule has 0 saturated heterocycles. The molecule has 0 spiro atoms. The molecule has 9 nitrogen and oxygen atoms in total. The minimum absolute atomic E-state index is 0.0604. The lowest BCUT2D eigenvalue weighted by Crippen LogP contribution is -2.34. The molecule has 0 saturated carbocycles. The maximum Gasteiger partial charge on any atom is 0.500 e. The minimum Gasteiger partial charge on any atom is -0.443 e. The van der Waals surface area contributed by atoms with E-state index in [1.54, 1.807) is 65.0 Å². The third-order valence-electron chi connectivity index (χ3n) is 4.44. The smallest absolute Gasteiger partial charge is 0.443 e. The zero-order valence-electron chi connectivity index (χ0n) is 19.6. The van der Waals surface area contributed by atoms with Crippen LogP contribution in [0.4, 0.5) is 10.8 Å². The molecule has 34 heavy (non-hydrogen) atoms. The summed E-state index contributed by atoms with van der Waals surface area (Å²) in [5.41, 5.74) is 1.78. The molecule has 11 heteroatoms. The number of nitrogens with one attached hydrogen (secondary N) is 1. The van der Waals surface area contributed by atoms with Crippen molar-refractivity contribution in [1.82, 2.24) is 4.98 Å². The Morgan fingerprint density at radius 1 is 1.15 bits per heavy atom. The van der Waals surface area contributed by atoms with Crippen LogP contribution < -0.4 is 5.32 Å². The molecule has 1 atom stereocenters. The van der Waals surface area contributed by atoms with Crippen molar-refractivity contribution in [1.29, 1.82) is 0 Å². The van der Waals surface area contributed by atoms with Crippen molar-refractivity contribution in [2.75, 3.05) is 18.5 Å². The first-order valence-corrected chi connectivity index (χ1v) is 11.8. The van der Waals surface area contributed by atoms with Gasteiger partial charge in [-0.3, -0.25) is 0 Å². The molecule has 0 aliphatic heterocycles. The molecule has 1 N–H and O–H groups in total. The zero-order chi connectivity index (χ0) is 24.9. The summed E-state index contributed by atoms with van der Waals surface area (Å²) in [6.45, 7) is 9.21. The Hall–Kier alpha value is -2.55. The average molecular weight is 510 g/mol. The SMILES string of the molecule is CCOC(OCC)(O[PH+]=O)c1cc(-c2cccc(Cl)c2)c2nc(NC(=O)OC(C)(C)C)oc2c1. The molecule has 1 amide bonds. The van der Waals surface area contributed by atoms with E-state index in [2.05, 4.69) is 10.3 Å². The van der Waals surface area contributed by atoms with Gasteiger partial charge in [-0.15, -0.1) is 0 Å². The van der Waals surface area contributed by atoms with E-state index in [1.165, 1.54) is 0 Å². The van der Waals surface area contributed by atoms with Crippen LogP contribution in [-0.4, -0.2) is 29.9 Å². The summed E-state index contributed by atoms with van der Waals surface area (Å²) in [4.78, 5) is 16.7. The van der Waals surface area contributed by atoms with Gasteiger partial charge >= 0.3 is 26.8 Å². The number of aromatic nitrogens is 1. The van der Waals surface area contributed by atoms with E-state index >= 15 is 0 Å². The lowest BCUT2D eigenvalue weighted by atomic mass is 10.0. The van der Waals surface area contributed by atoms with E-state index in [9.17, 15) is 9.36 Å². The van der Waals surface area contributed by atoms with Gasteiger partial charge in [0, 0.05) is 16.1 Å². The van der Waals surface area contributed by atoms with E-state index in [0.29, 0.717) is 27.2 Å². The molecule has 182 valence electrons. The Morgan fingerprint density at radius 3 is 2.44 bits per heavy atom. The van der Waals surface area contributed by atoms with Crippen LogP contribution in [0.15, 0.2) is 40.8 Å². The Kier molecular flexibility index (Phi) is 8.28. The summed E-state index contributed by atoms with van der Waals surface area (Å²) in [5, 5.41) is 3.02. The van der Waals surface area contributed by atoms with Crippen LogP contribution in [0.1, 0.15) is 40.2 Å². The second kappa shape index (κ2) is 10.8. The van der Waals surface area contributed by atoms with Crippen molar-refractivity contribution in [2.24, 2.45) is 0 Å². The largest absolute Gasteiger partial charge is 0.500 e. The van der Waals surface area contributed by atoms with Crippen molar-refractivity contribution in [3.05, 3.63) is 47.0 Å². The molecule has 1 heterocycles. The normalized spacial score (nSPS) is 12.3. The van der Waals surface area contributed by atoms with E-state index in [4.69, 9.17) is 34.8 Å². The number of benzene rings is 2. The number of anilines is 1. The monoisotopic (exact) mass is 509 g/mol. The van der Waals surface area contributed by atoms with Crippen molar-refractivity contribution in [3.8, 4) is 11.1 Å². The minimum atomic E-state index is -1.74. The fourth-order valence-electron chi connectivity index (χ4n) is 3.29. The molecule has 0 aliphatic carbocycles. The number of amides is 1. The molecule has 0 bridgehead atoms. The molecule has 2 aromatic carbocycles. The van der Waals surface area contributed by atoms with Gasteiger partial charge in [-0.25, -0.2) is 10.1 Å². The van der Waals surface area contributed by atoms with Crippen LogP contribution in [0.3, 0.4) is 0 Å². The number of carbonyl (C=O) groups excluding carboxylic acids is 1. The molecule has 0 radical (unpaired) electrons. The van der Waals surface area contributed by atoms with Crippen LogP contribution in [0.5, 0.6) is 0 Å². The highest BCUT2D eigenvalue weighted by atomic mass is 35.5.